The van der Waals surface area contributed by atoms with Crippen LogP contribution in [0, 0.1) is 0 Å². The topological polar surface area (TPSA) is 63.1 Å². The van der Waals surface area contributed by atoms with Gasteiger partial charge in [0.05, 0.1) is 0 Å². The van der Waals surface area contributed by atoms with Crippen molar-refractivity contribution in [2.24, 2.45) is 0 Å². The molecule has 2 heterocycles. The standard InChI is InChI=1S/C15H22ClN5O/c1-4-13(22)19-15-17-11-7-8-12(16)18-14(11)21(15)10-9-20(5-2)6-3/h7-8H,4-6,9-10H2,1-3H3,(H,17,19,22). The molecule has 0 fully saturated rings. The number of amides is 1. The van der Waals surface area contributed by atoms with Crippen LogP contribution in [-0.4, -0.2) is 45.0 Å². The predicted molar refractivity (Wildman–Crippen MR) is 89.2 cm³/mol. The van der Waals surface area contributed by atoms with Crippen molar-refractivity contribution >= 4 is 34.6 Å². The van der Waals surface area contributed by atoms with Gasteiger partial charge in [-0.2, -0.15) is 0 Å². The predicted octanol–water partition coefficient (Wildman–Crippen LogP) is 2.78. The van der Waals surface area contributed by atoms with E-state index in [1.807, 2.05) is 17.6 Å². The number of hydrogen-bond acceptors (Lipinski definition) is 4. The first-order chi connectivity index (χ1) is 10.6. The summed E-state index contributed by atoms with van der Waals surface area (Å²) in [5.41, 5.74) is 1.43. The van der Waals surface area contributed by atoms with Crippen molar-refractivity contribution in [2.45, 2.75) is 33.7 Å². The molecule has 0 bridgehead atoms. The van der Waals surface area contributed by atoms with E-state index in [1.165, 1.54) is 0 Å². The molecule has 0 aromatic carbocycles. The molecule has 120 valence electrons. The number of nitrogens with zero attached hydrogens (tertiary/aromatic N) is 4. The minimum Gasteiger partial charge on any atom is -0.302 e. The molecule has 0 spiro atoms. The first kappa shape index (κ1) is 16.7. The largest absolute Gasteiger partial charge is 0.302 e. The van der Waals surface area contributed by atoms with Gasteiger partial charge >= 0.3 is 0 Å². The highest BCUT2D eigenvalue weighted by atomic mass is 35.5. The van der Waals surface area contributed by atoms with Crippen molar-refractivity contribution < 1.29 is 4.79 Å². The Bertz CT molecular complexity index is 651. The smallest absolute Gasteiger partial charge is 0.226 e. The monoisotopic (exact) mass is 323 g/mol. The number of imidazole rings is 1. The van der Waals surface area contributed by atoms with Crippen LogP contribution in [0.3, 0.4) is 0 Å². The fourth-order valence-electron chi connectivity index (χ4n) is 2.28. The molecule has 1 N–H and O–H groups in total. The van der Waals surface area contributed by atoms with Crippen LogP contribution in [0.15, 0.2) is 12.1 Å². The fraction of sp³-hybridized carbons (Fsp3) is 0.533. The first-order valence-electron chi connectivity index (χ1n) is 7.64. The quantitative estimate of drug-likeness (QED) is 0.796. The zero-order chi connectivity index (χ0) is 16.1. The van der Waals surface area contributed by atoms with Crippen LogP contribution in [-0.2, 0) is 11.3 Å². The zero-order valence-corrected chi connectivity index (χ0v) is 14.0. The Morgan fingerprint density at radius 3 is 2.64 bits per heavy atom. The molecule has 0 saturated carbocycles. The normalized spacial score (nSPS) is 11.3. The number of carbonyl (C=O) groups is 1. The minimum atomic E-state index is -0.0644. The summed E-state index contributed by atoms with van der Waals surface area (Å²) in [7, 11) is 0. The summed E-state index contributed by atoms with van der Waals surface area (Å²) >= 11 is 6.00. The lowest BCUT2D eigenvalue weighted by molar-refractivity contribution is -0.115. The Hall–Kier alpha value is -1.66. The second-order valence-corrected chi connectivity index (χ2v) is 5.38. The highest BCUT2D eigenvalue weighted by Crippen LogP contribution is 2.20. The number of fused-ring (bicyclic) bond motifs is 1. The molecule has 0 atom stereocenters. The Kier molecular flexibility index (Phi) is 5.74. The van der Waals surface area contributed by atoms with Crippen LogP contribution < -0.4 is 5.32 Å². The highest BCUT2D eigenvalue weighted by Gasteiger charge is 2.14. The third-order valence-corrected chi connectivity index (χ3v) is 3.88. The van der Waals surface area contributed by atoms with Crippen molar-refractivity contribution in [1.29, 1.82) is 0 Å². The summed E-state index contributed by atoms with van der Waals surface area (Å²) < 4.78 is 1.92. The summed E-state index contributed by atoms with van der Waals surface area (Å²) in [4.78, 5) is 22.8. The van der Waals surface area contributed by atoms with Gasteiger partial charge in [-0.25, -0.2) is 9.97 Å². The van der Waals surface area contributed by atoms with Crippen molar-refractivity contribution in [2.75, 3.05) is 25.0 Å². The lowest BCUT2D eigenvalue weighted by atomic mass is 10.4. The van der Waals surface area contributed by atoms with E-state index in [0.717, 1.165) is 25.2 Å². The number of rotatable bonds is 7. The van der Waals surface area contributed by atoms with E-state index in [0.29, 0.717) is 29.7 Å². The molecule has 6 nitrogen and oxygen atoms in total. The van der Waals surface area contributed by atoms with Gasteiger partial charge in [0.15, 0.2) is 5.65 Å². The lowest BCUT2D eigenvalue weighted by Crippen LogP contribution is -2.27. The molecule has 1 amide bonds. The SMILES string of the molecule is CCC(=O)Nc1nc2ccc(Cl)nc2n1CCN(CC)CC. The second kappa shape index (κ2) is 7.56. The van der Waals surface area contributed by atoms with Crippen LogP contribution in [0.25, 0.3) is 11.2 Å². The second-order valence-electron chi connectivity index (χ2n) is 4.99. The van der Waals surface area contributed by atoms with Gasteiger partial charge in [-0.3, -0.25) is 14.7 Å². The summed E-state index contributed by atoms with van der Waals surface area (Å²) in [6.07, 6.45) is 0.410. The molecule has 0 unspecified atom stereocenters. The molecular formula is C15H22ClN5O. The number of nitrogens with one attached hydrogen (secondary N) is 1. The maximum atomic E-state index is 11.7. The first-order valence-corrected chi connectivity index (χ1v) is 8.01. The van der Waals surface area contributed by atoms with Gasteiger partial charge in [0.25, 0.3) is 0 Å². The molecule has 2 aromatic heterocycles. The van der Waals surface area contributed by atoms with Crippen molar-refractivity contribution in [3.8, 4) is 0 Å². The zero-order valence-electron chi connectivity index (χ0n) is 13.3. The van der Waals surface area contributed by atoms with Gasteiger partial charge in [-0.05, 0) is 25.2 Å². The average Bonchev–Trinajstić information content (AvgIpc) is 2.85. The maximum absolute atomic E-state index is 11.7. The van der Waals surface area contributed by atoms with Crippen molar-refractivity contribution in [3.05, 3.63) is 17.3 Å². The van der Waals surface area contributed by atoms with E-state index in [4.69, 9.17) is 11.6 Å². The number of aromatic nitrogens is 3. The molecule has 2 aromatic rings. The molecular weight excluding hydrogens is 302 g/mol. The molecule has 0 aliphatic rings. The fourth-order valence-corrected chi connectivity index (χ4v) is 2.42. The summed E-state index contributed by atoms with van der Waals surface area (Å²) in [6, 6.07) is 3.53. The van der Waals surface area contributed by atoms with Gasteiger partial charge in [-0.1, -0.05) is 32.4 Å². The Labute approximate surface area is 135 Å². The van der Waals surface area contributed by atoms with E-state index in [1.54, 1.807) is 6.07 Å². The van der Waals surface area contributed by atoms with Gasteiger partial charge in [0.1, 0.15) is 10.7 Å². The molecule has 2 rings (SSSR count). The lowest BCUT2D eigenvalue weighted by Gasteiger charge is -2.19. The minimum absolute atomic E-state index is 0.0644. The van der Waals surface area contributed by atoms with Gasteiger partial charge in [0, 0.05) is 19.5 Å². The number of carbonyl (C=O) groups excluding carboxylic acids is 1. The number of likely N-dealkylation sites (N-methyl/N-ethyl adjacent to an activating group) is 1. The molecule has 0 aliphatic carbocycles. The van der Waals surface area contributed by atoms with Crippen LogP contribution in [0.1, 0.15) is 27.2 Å². The van der Waals surface area contributed by atoms with E-state index in [9.17, 15) is 4.79 Å². The third kappa shape index (κ3) is 3.75. The number of anilines is 1. The van der Waals surface area contributed by atoms with Crippen LogP contribution in [0.5, 0.6) is 0 Å². The highest BCUT2D eigenvalue weighted by molar-refractivity contribution is 6.29. The number of halogens is 1. The van der Waals surface area contributed by atoms with E-state index < -0.39 is 0 Å². The Morgan fingerprint density at radius 2 is 2.00 bits per heavy atom. The van der Waals surface area contributed by atoms with Gasteiger partial charge in [0.2, 0.25) is 11.9 Å². The van der Waals surface area contributed by atoms with Crippen molar-refractivity contribution in [3.63, 3.8) is 0 Å². The van der Waals surface area contributed by atoms with Crippen LogP contribution >= 0.6 is 11.6 Å². The van der Waals surface area contributed by atoms with Gasteiger partial charge in [-0.15, -0.1) is 0 Å². The molecule has 0 saturated heterocycles. The van der Waals surface area contributed by atoms with Crippen LogP contribution in [0.4, 0.5) is 5.95 Å². The maximum Gasteiger partial charge on any atom is 0.226 e. The molecule has 22 heavy (non-hydrogen) atoms. The molecule has 0 aliphatic heterocycles. The molecule has 7 heteroatoms. The summed E-state index contributed by atoms with van der Waals surface area (Å²) in [5, 5.41) is 3.26. The summed E-state index contributed by atoms with van der Waals surface area (Å²) in [5.74, 6) is 0.467. The van der Waals surface area contributed by atoms with E-state index in [2.05, 4.69) is 34.0 Å². The number of pyridine rings is 1. The van der Waals surface area contributed by atoms with E-state index >= 15 is 0 Å². The Morgan fingerprint density at radius 1 is 1.27 bits per heavy atom. The number of hydrogen-bond donors (Lipinski definition) is 1. The Balaban J connectivity index is 2.35. The van der Waals surface area contributed by atoms with Gasteiger partial charge < -0.3 is 4.90 Å². The average molecular weight is 324 g/mol. The van der Waals surface area contributed by atoms with Crippen molar-refractivity contribution in [1.82, 2.24) is 19.4 Å². The van der Waals surface area contributed by atoms with Crippen LogP contribution in [0.2, 0.25) is 5.15 Å². The van der Waals surface area contributed by atoms with E-state index in [-0.39, 0.29) is 5.91 Å². The summed E-state index contributed by atoms with van der Waals surface area (Å²) in [6.45, 7) is 9.59. The third-order valence-electron chi connectivity index (χ3n) is 3.66. The molecule has 0 radical (unpaired) electrons.